The van der Waals surface area contributed by atoms with E-state index in [1.54, 1.807) is 0 Å². The molecule has 0 aliphatic carbocycles. The second-order valence-electron chi connectivity index (χ2n) is 5.81. The van der Waals surface area contributed by atoms with Gasteiger partial charge in [0.05, 0.1) is 42.0 Å². The Morgan fingerprint density at radius 3 is 2.53 bits per heavy atom. The summed E-state index contributed by atoms with van der Waals surface area (Å²) in [6, 6.07) is 3.93. The normalized spacial score (nSPS) is 11.4. The minimum atomic E-state index is -0.985. The van der Waals surface area contributed by atoms with Crippen LogP contribution in [0.2, 0.25) is 0 Å². The lowest BCUT2D eigenvalue weighted by Gasteiger charge is -2.08. The number of carbonyl (C=O) groups excluding carboxylic acids is 1. The summed E-state index contributed by atoms with van der Waals surface area (Å²) in [6.45, 7) is -0.150. The van der Waals surface area contributed by atoms with Gasteiger partial charge in [0.25, 0.3) is 11.6 Å². The Morgan fingerprint density at radius 2 is 1.93 bits per heavy atom. The van der Waals surface area contributed by atoms with Crippen molar-refractivity contribution in [2.45, 2.75) is 6.54 Å². The lowest BCUT2D eigenvalue weighted by molar-refractivity contribution is -0.385. The van der Waals surface area contributed by atoms with Crippen LogP contribution in [0.25, 0.3) is 10.2 Å². The van der Waals surface area contributed by atoms with Crippen LogP contribution in [-0.4, -0.2) is 29.6 Å². The third-order valence-corrected chi connectivity index (χ3v) is 5.10. The third kappa shape index (κ3) is 3.72. The predicted octanol–water partition coefficient (Wildman–Crippen LogP) is 3.28. The Balaban J connectivity index is 2.26. The number of methoxy groups -OCH3 is 2. The molecule has 30 heavy (non-hydrogen) atoms. The van der Waals surface area contributed by atoms with Crippen LogP contribution in [0.1, 0.15) is 10.4 Å². The van der Waals surface area contributed by atoms with E-state index >= 15 is 0 Å². The van der Waals surface area contributed by atoms with E-state index in [1.807, 2.05) is 0 Å². The lowest BCUT2D eigenvalue weighted by Crippen LogP contribution is -2.17. The monoisotopic (exact) mass is 433 g/mol. The quantitative estimate of drug-likeness (QED) is 0.350. The van der Waals surface area contributed by atoms with Gasteiger partial charge in [0.1, 0.15) is 11.4 Å². The van der Waals surface area contributed by atoms with Crippen molar-refractivity contribution in [1.82, 2.24) is 4.57 Å². The van der Waals surface area contributed by atoms with E-state index in [9.17, 15) is 23.7 Å². The van der Waals surface area contributed by atoms with Gasteiger partial charge in [-0.25, -0.2) is 8.78 Å². The maximum atomic E-state index is 14.3. The van der Waals surface area contributed by atoms with Crippen molar-refractivity contribution in [3.05, 3.63) is 56.4 Å². The van der Waals surface area contributed by atoms with Crippen molar-refractivity contribution in [2.24, 2.45) is 4.99 Å². The SMILES string of the molecule is C#CCn1c(=NC(=O)c2cc(OC)c(OC)cc2[N+](=O)[O-])sc2cc(F)cc(F)c21. The number of fused-ring (bicyclic) bond motifs is 1. The number of benzene rings is 2. The molecule has 154 valence electrons. The van der Waals surface area contributed by atoms with E-state index in [-0.39, 0.29) is 38.6 Å². The van der Waals surface area contributed by atoms with Crippen molar-refractivity contribution in [3.63, 3.8) is 0 Å². The number of hydrogen-bond donors (Lipinski definition) is 0. The summed E-state index contributed by atoms with van der Waals surface area (Å²) in [7, 11) is 2.60. The van der Waals surface area contributed by atoms with E-state index in [0.29, 0.717) is 6.07 Å². The molecule has 11 heteroatoms. The topological polar surface area (TPSA) is 96.0 Å². The van der Waals surface area contributed by atoms with Crippen LogP contribution in [-0.2, 0) is 6.54 Å². The van der Waals surface area contributed by atoms with Gasteiger partial charge in [-0.2, -0.15) is 4.99 Å². The maximum absolute atomic E-state index is 14.3. The maximum Gasteiger partial charge on any atom is 0.286 e. The van der Waals surface area contributed by atoms with E-state index in [4.69, 9.17) is 15.9 Å². The Morgan fingerprint density at radius 1 is 1.27 bits per heavy atom. The number of ether oxygens (including phenoxy) is 2. The highest BCUT2D eigenvalue weighted by atomic mass is 32.1. The number of nitro groups is 1. The van der Waals surface area contributed by atoms with Crippen molar-refractivity contribution in [1.29, 1.82) is 0 Å². The van der Waals surface area contributed by atoms with Crippen LogP contribution in [0, 0.1) is 34.1 Å². The molecule has 8 nitrogen and oxygen atoms in total. The van der Waals surface area contributed by atoms with Crippen LogP contribution < -0.4 is 14.3 Å². The minimum absolute atomic E-state index is 0.0206. The number of aromatic nitrogens is 1. The summed E-state index contributed by atoms with van der Waals surface area (Å²) in [6.07, 6.45) is 5.33. The van der Waals surface area contributed by atoms with Gasteiger partial charge in [-0.15, -0.1) is 6.42 Å². The zero-order chi connectivity index (χ0) is 22.0. The van der Waals surface area contributed by atoms with Gasteiger partial charge in [-0.05, 0) is 6.07 Å². The first-order valence-corrected chi connectivity index (χ1v) is 9.03. The van der Waals surface area contributed by atoms with Gasteiger partial charge in [-0.3, -0.25) is 14.9 Å². The molecule has 0 saturated carbocycles. The number of hydrogen-bond acceptors (Lipinski definition) is 6. The van der Waals surface area contributed by atoms with E-state index in [1.165, 1.54) is 18.8 Å². The highest BCUT2D eigenvalue weighted by Gasteiger charge is 2.25. The van der Waals surface area contributed by atoms with Gasteiger partial charge in [-0.1, -0.05) is 17.3 Å². The Kier molecular flexibility index (Phi) is 5.79. The molecule has 0 saturated heterocycles. The van der Waals surface area contributed by atoms with Gasteiger partial charge in [0.15, 0.2) is 22.1 Å². The number of carbonyl (C=O) groups is 1. The molecule has 0 bridgehead atoms. The van der Waals surface area contributed by atoms with Crippen molar-refractivity contribution < 1.29 is 28.0 Å². The molecule has 1 heterocycles. The number of amides is 1. The van der Waals surface area contributed by atoms with E-state index in [2.05, 4.69) is 10.9 Å². The molecule has 0 atom stereocenters. The molecule has 1 aromatic heterocycles. The van der Waals surface area contributed by atoms with Gasteiger partial charge >= 0.3 is 0 Å². The fourth-order valence-corrected chi connectivity index (χ4v) is 3.86. The zero-order valence-corrected chi connectivity index (χ0v) is 16.5. The predicted molar refractivity (Wildman–Crippen MR) is 105 cm³/mol. The smallest absolute Gasteiger partial charge is 0.286 e. The molecule has 0 N–H and O–H groups in total. The number of terminal acetylenes is 1. The number of thiazole rings is 1. The molecule has 3 rings (SSSR count). The fourth-order valence-electron chi connectivity index (χ4n) is 2.79. The molecule has 0 radical (unpaired) electrons. The highest BCUT2D eigenvalue weighted by Crippen LogP contribution is 2.34. The second kappa shape index (κ2) is 8.30. The lowest BCUT2D eigenvalue weighted by atomic mass is 10.1. The molecule has 0 fully saturated rings. The molecule has 0 aliphatic rings. The molecule has 0 aliphatic heterocycles. The first-order chi connectivity index (χ1) is 14.3. The molecular formula is C19H13F2N3O5S. The summed E-state index contributed by atoms with van der Waals surface area (Å²) in [5, 5.41) is 11.4. The van der Waals surface area contributed by atoms with Crippen LogP contribution in [0.3, 0.4) is 0 Å². The van der Waals surface area contributed by atoms with E-state index < -0.39 is 28.2 Å². The molecule has 2 aromatic carbocycles. The first kappa shape index (κ1) is 20.9. The summed E-state index contributed by atoms with van der Waals surface area (Å²) >= 11 is 0.821. The minimum Gasteiger partial charge on any atom is -0.493 e. The van der Waals surface area contributed by atoms with Crippen molar-refractivity contribution in [3.8, 4) is 23.8 Å². The fraction of sp³-hybridized carbons (Fsp3) is 0.158. The number of nitro benzene ring substituents is 1. The summed E-state index contributed by atoms with van der Waals surface area (Å²) in [4.78, 5) is 27.3. The number of halogens is 2. The van der Waals surface area contributed by atoms with Gasteiger partial charge in [0.2, 0.25) is 0 Å². The van der Waals surface area contributed by atoms with Gasteiger partial charge < -0.3 is 14.0 Å². The highest BCUT2D eigenvalue weighted by molar-refractivity contribution is 7.16. The van der Waals surface area contributed by atoms with Crippen LogP contribution in [0.5, 0.6) is 11.5 Å². The largest absolute Gasteiger partial charge is 0.493 e. The average molecular weight is 433 g/mol. The Hall–Kier alpha value is -3.78. The molecule has 1 amide bonds. The Labute approximate surface area is 172 Å². The van der Waals surface area contributed by atoms with Crippen LogP contribution >= 0.6 is 11.3 Å². The Bertz CT molecular complexity index is 1290. The van der Waals surface area contributed by atoms with Crippen LogP contribution in [0.15, 0.2) is 29.3 Å². The summed E-state index contributed by atoms with van der Waals surface area (Å²) < 4.78 is 39.4. The first-order valence-electron chi connectivity index (χ1n) is 8.22. The van der Waals surface area contributed by atoms with Crippen LogP contribution in [0.4, 0.5) is 14.5 Å². The molecule has 0 spiro atoms. The van der Waals surface area contributed by atoms with Crippen molar-refractivity contribution in [2.75, 3.05) is 14.2 Å². The molecule has 3 aromatic rings. The van der Waals surface area contributed by atoms with Crippen molar-refractivity contribution >= 4 is 33.1 Å². The number of nitrogens with zero attached hydrogens (tertiary/aromatic N) is 3. The average Bonchev–Trinajstić information content (AvgIpc) is 3.03. The molecule has 0 unspecified atom stereocenters. The van der Waals surface area contributed by atoms with Gasteiger partial charge in [0, 0.05) is 12.1 Å². The van der Waals surface area contributed by atoms with E-state index in [0.717, 1.165) is 29.5 Å². The second-order valence-corrected chi connectivity index (χ2v) is 6.82. The number of rotatable bonds is 5. The summed E-state index contributed by atoms with van der Waals surface area (Å²) in [5.74, 6) is -0.204. The molecular weight excluding hydrogens is 420 g/mol. The standard InChI is InChI=1S/C19H13F2N3O5S/c1-4-5-23-17-12(21)6-10(20)7-16(17)30-19(23)22-18(25)11-8-14(28-2)15(29-3)9-13(11)24(26)27/h1,6-9H,5H2,2-3H3. The summed E-state index contributed by atoms with van der Waals surface area (Å²) in [5.41, 5.74) is -0.940. The zero-order valence-electron chi connectivity index (χ0n) is 15.6. The third-order valence-electron chi connectivity index (χ3n) is 4.07.